The van der Waals surface area contributed by atoms with Gasteiger partial charge in [0.15, 0.2) is 6.04 Å². The van der Waals surface area contributed by atoms with Crippen molar-refractivity contribution in [3.8, 4) is 0 Å². The molecule has 0 fully saturated rings. The van der Waals surface area contributed by atoms with Crippen molar-refractivity contribution in [1.29, 1.82) is 0 Å². The monoisotopic (exact) mass is 250 g/mol. The van der Waals surface area contributed by atoms with E-state index in [-0.39, 0.29) is 0 Å². The Morgan fingerprint density at radius 1 is 1.39 bits per heavy atom. The third-order valence-corrected chi connectivity index (χ3v) is 2.91. The van der Waals surface area contributed by atoms with Gasteiger partial charge in [-0.25, -0.2) is 4.79 Å². The Kier molecular flexibility index (Phi) is 4.44. The van der Waals surface area contributed by atoms with Crippen LogP contribution in [0.4, 0.5) is 0 Å². The highest BCUT2D eigenvalue weighted by molar-refractivity contribution is 5.90. The van der Waals surface area contributed by atoms with Crippen LogP contribution in [0.2, 0.25) is 0 Å². The minimum Gasteiger partial charge on any atom is -0.479 e. The van der Waals surface area contributed by atoms with E-state index in [1.54, 1.807) is 44.2 Å². The van der Waals surface area contributed by atoms with Gasteiger partial charge in [0.05, 0.1) is 5.54 Å². The van der Waals surface area contributed by atoms with Crippen molar-refractivity contribution < 1.29 is 14.7 Å². The molecule has 0 heterocycles. The Balaban J connectivity index is 2.90. The number of benzene rings is 1. The standard InChI is InChI=1S/C13H18N2O3/c1-3-13(2,14)12(18)15-10(11(16)17)9-7-5-4-6-8-9/h4-8,10H,3,14H2,1-2H3,(H,15,18)(H,16,17)/t10-,13?/m1/s1. The fraction of sp³-hybridized carbons (Fsp3) is 0.385. The van der Waals surface area contributed by atoms with E-state index < -0.39 is 23.5 Å². The first-order valence-corrected chi connectivity index (χ1v) is 5.76. The second-order valence-corrected chi connectivity index (χ2v) is 4.43. The van der Waals surface area contributed by atoms with E-state index in [0.29, 0.717) is 12.0 Å². The number of hydrogen-bond donors (Lipinski definition) is 3. The zero-order valence-electron chi connectivity index (χ0n) is 10.5. The molecule has 98 valence electrons. The molecule has 0 saturated heterocycles. The largest absolute Gasteiger partial charge is 0.479 e. The van der Waals surface area contributed by atoms with Gasteiger partial charge in [0.2, 0.25) is 5.91 Å². The lowest BCUT2D eigenvalue weighted by Crippen LogP contribution is -2.52. The highest BCUT2D eigenvalue weighted by Crippen LogP contribution is 2.15. The Bertz CT molecular complexity index is 429. The Labute approximate surface area is 106 Å². The first-order valence-electron chi connectivity index (χ1n) is 5.76. The Morgan fingerprint density at radius 3 is 2.39 bits per heavy atom. The number of carboxylic acids is 1. The molecule has 0 aromatic heterocycles. The predicted octanol–water partition coefficient (Wildman–Crippen LogP) is 1.06. The van der Waals surface area contributed by atoms with Crippen molar-refractivity contribution in [1.82, 2.24) is 5.32 Å². The molecule has 4 N–H and O–H groups in total. The summed E-state index contributed by atoms with van der Waals surface area (Å²) < 4.78 is 0. The average molecular weight is 250 g/mol. The fourth-order valence-corrected chi connectivity index (χ4v) is 1.39. The number of amides is 1. The summed E-state index contributed by atoms with van der Waals surface area (Å²) in [6, 6.07) is 7.45. The van der Waals surface area contributed by atoms with Gasteiger partial charge >= 0.3 is 5.97 Å². The number of nitrogens with one attached hydrogen (secondary N) is 1. The molecule has 0 saturated carbocycles. The SMILES string of the molecule is CCC(C)(N)C(=O)N[C@@H](C(=O)O)c1ccccc1. The van der Waals surface area contributed by atoms with Crippen LogP contribution in [0, 0.1) is 0 Å². The number of carbonyl (C=O) groups is 2. The summed E-state index contributed by atoms with van der Waals surface area (Å²) in [5.41, 5.74) is 5.23. The van der Waals surface area contributed by atoms with Gasteiger partial charge in [-0.3, -0.25) is 4.79 Å². The second-order valence-electron chi connectivity index (χ2n) is 4.43. The first kappa shape index (κ1) is 14.2. The minimum atomic E-state index is -1.11. The maximum atomic E-state index is 11.9. The van der Waals surface area contributed by atoms with E-state index >= 15 is 0 Å². The number of nitrogens with two attached hydrogens (primary N) is 1. The molecule has 1 unspecified atom stereocenters. The van der Waals surface area contributed by atoms with Crippen molar-refractivity contribution in [3.63, 3.8) is 0 Å². The van der Waals surface area contributed by atoms with Crippen LogP contribution in [0.3, 0.4) is 0 Å². The maximum absolute atomic E-state index is 11.9. The van der Waals surface area contributed by atoms with Crippen LogP contribution >= 0.6 is 0 Å². The summed E-state index contributed by atoms with van der Waals surface area (Å²) in [5, 5.41) is 11.6. The molecule has 5 heteroatoms. The van der Waals surface area contributed by atoms with Gasteiger partial charge < -0.3 is 16.2 Å². The summed E-state index contributed by atoms with van der Waals surface area (Å²) in [4.78, 5) is 23.1. The number of carbonyl (C=O) groups excluding carboxylic acids is 1. The topological polar surface area (TPSA) is 92.4 Å². The molecular weight excluding hydrogens is 232 g/mol. The van der Waals surface area contributed by atoms with E-state index in [1.807, 2.05) is 0 Å². The van der Waals surface area contributed by atoms with Crippen LogP contribution in [0.1, 0.15) is 31.9 Å². The van der Waals surface area contributed by atoms with E-state index in [4.69, 9.17) is 10.8 Å². The smallest absolute Gasteiger partial charge is 0.330 e. The fourth-order valence-electron chi connectivity index (χ4n) is 1.39. The second kappa shape index (κ2) is 5.64. The zero-order valence-corrected chi connectivity index (χ0v) is 10.5. The van der Waals surface area contributed by atoms with Crippen molar-refractivity contribution in [3.05, 3.63) is 35.9 Å². The Morgan fingerprint density at radius 2 is 1.94 bits per heavy atom. The van der Waals surface area contributed by atoms with Crippen LogP contribution < -0.4 is 11.1 Å². The number of aliphatic carboxylic acids is 1. The van der Waals surface area contributed by atoms with Crippen LogP contribution in [0.25, 0.3) is 0 Å². The highest BCUT2D eigenvalue weighted by Gasteiger charge is 2.30. The molecule has 1 amide bonds. The van der Waals surface area contributed by atoms with Crippen LogP contribution in [-0.2, 0) is 9.59 Å². The van der Waals surface area contributed by atoms with Gasteiger partial charge in [-0.05, 0) is 18.9 Å². The maximum Gasteiger partial charge on any atom is 0.330 e. The van der Waals surface area contributed by atoms with E-state index in [1.165, 1.54) is 0 Å². The molecule has 0 radical (unpaired) electrons. The third-order valence-electron chi connectivity index (χ3n) is 2.91. The molecule has 0 aliphatic heterocycles. The summed E-state index contributed by atoms with van der Waals surface area (Å²) in [6.07, 6.45) is 0.431. The summed E-state index contributed by atoms with van der Waals surface area (Å²) in [5.74, 6) is -1.58. The molecule has 1 aromatic rings. The minimum absolute atomic E-state index is 0.431. The molecule has 2 atom stereocenters. The van der Waals surface area contributed by atoms with Gasteiger partial charge in [-0.15, -0.1) is 0 Å². The summed E-state index contributed by atoms with van der Waals surface area (Å²) >= 11 is 0. The summed E-state index contributed by atoms with van der Waals surface area (Å²) in [6.45, 7) is 3.35. The van der Waals surface area contributed by atoms with Crippen molar-refractivity contribution in [2.24, 2.45) is 5.73 Å². The molecular formula is C13H18N2O3. The lowest BCUT2D eigenvalue weighted by Gasteiger charge is -2.24. The quantitative estimate of drug-likeness (QED) is 0.728. The molecule has 0 aliphatic carbocycles. The Hall–Kier alpha value is -1.88. The van der Waals surface area contributed by atoms with Gasteiger partial charge in [0.25, 0.3) is 0 Å². The van der Waals surface area contributed by atoms with Gasteiger partial charge in [-0.2, -0.15) is 0 Å². The van der Waals surface area contributed by atoms with Gasteiger partial charge in [-0.1, -0.05) is 37.3 Å². The van der Waals surface area contributed by atoms with E-state index in [0.717, 1.165) is 0 Å². The highest BCUT2D eigenvalue weighted by atomic mass is 16.4. The first-order chi connectivity index (χ1) is 8.38. The number of rotatable bonds is 5. The third kappa shape index (κ3) is 3.30. The van der Waals surface area contributed by atoms with Crippen molar-refractivity contribution in [2.45, 2.75) is 31.8 Å². The normalized spacial score (nSPS) is 15.5. The van der Waals surface area contributed by atoms with Gasteiger partial charge in [0, 0.05) is 0 Å². The molecule has 0 bridgehead atoms. The number of hydrogen-bond acceptors (Lipinski definition) is 3. The van der Waals surface area contributed by atoms with Crippen LogP contribution in [-0.4, -0.2) is 22.5 Å². The lowest BCUT2D eigenvalue weighted by molar-refractivity contribution is -0.142. The molecule has 18 heavy (non-hydrogen) atoms. The average Bonchev–Trinajstić information content (AvgIpc) is 2.36. The van der Waals surface area contributed by atoms with Crippen molar-refractivity contribution >= 4 is 11.9 Å². The number of carboxylic acid groups (broad SMARTS) is 1. The van der Waals surface area contributed by atoms with E-state index in [2.05, 4.69) is 5.32 Å². The van der Waals surface area contributed by atoms with Gasteiger partial charge in [0.1, 0.15) is 0 Å². The van der Waals surface area contributed by atoms with E-state index in [9.17, 15) is 9.59 Å². The van der Waals surface area contributed by atoms with Crippen LogP contribution in [0.5, 0.6) is 0 Å². The molecule has 1 aromatic carbocycles. The summed E-state index contributed by atoms with van der Waals surface area (Å²) in [7, 11) is 0. The molecule has 1 rings (SSSR count). The molecule has 0 spiro atoms. The molecule has 0 aliphatic rings. The van der Waals surface area contributed by atoms with Crippen molar-refractivity contribution in [2.75, 3.05) is 0 Å². The lowest BCUT2D eigenvalue weighted by atomic mass is 9.98. The predicted molar refractivity (Wildman–Crippen MR) is 67.8 cm³/mol. The van der Waals surface area contributed by atoms with Crippen LogP contribution in [0.15, 0.2) is 30.3 Å². The zero-order chi connectivity index (χ0) is 13.8. The molecule has 5 nitrogen and oxygen atoms in total.